The fourth-order valence-corrected chi connectivity index (χ4v) is 3.55. The summed E-state index contributed by atoms with van der Waals surface area (Å²) in [5.74, 6) is 1.58. The second-order valence-corrected chi connectivity index (χ2v) is 7.33. The van der Waals surface area contributed by atoms with Crippen LogP contribution in [0.5, 0.6) is 5.75 Å². The summed E-state index contributed by atoms with van der Waals surface area (Å²) in [6.45, 7) is 3.64. The molecule has 1 aliphatic rings. The fourth-order valence-electron chi connectivity index (χ4n) is 3.39. The van der Waals surface area contributed by atoms with Gasteiger partial charge in [0.2, 0.25) is 0 Å². The van der Waals surface area contributed by atoms with E-state index >= 15 is 0 Å². The van der Waals surface area contributed by atoms with E-state index in [1.807, 2.05) is 36.5 Å². The number of aromatic nitrogens is 1. The molecule has 0 saturated carbocycles. The second-order valence-electron chi connectivity index (χ2n) is 6.90. The quantitative estimate of drug-likeness (QED) is 0.575. The van der Waals surface area contributed by atoms with Gasteiger partial charge in [-0.25, -0.2) is 0 Å². The molecule has 1 aromatic heterocycles. The van der Waals surface area contributed by atoms with Crippen LogP contribution in [0.15, 0.2) is 47.6 Å². The molecule has 0 aliphatic carbocycles. The molecule has 28 heavy (non-hydrogen) atoms. The Morgan fingerprint density at radius 2 is 2.11 bits per heavy atom. The van der Waals surface area contributed by atoms with Gasteiger partial charge in [0.05, 0.1) is 12.8 Å². The van der Waals surface area contributed by atoms with Crippen LogP contribution < -0.4 is 15.4 Å². The number of hydrogen-bond donors (Lipinski definition) is 2. The van der Waals surface area contributed by atoms with Crippen LogP contribution in [0.4, 0.5) is 0 Å². The van der Waals surface area contributed by atoms with Gasteiger partial charge < -0.3 is 15.4 Å². The highest BCUT2D eigenvalue weighted by molar-refractivity contribution is 6.30. The van der Waals surface area contributed by atoms with Crippen LogP contribution in [-0.4, -0.2) is 49.1 Å². The van der Waals surface area contributed by atoms with Crippen molar-refractivity contribution in [2.75, 3.05) is 27.2 Å². The Balaban J connectivity index is 1.46. The highest BCUT2D eigenvalue weighted by Crippen LogP contribution is 2.22. The van der Waals surface area contributed by atoms with Gasteiger partial charge >= 0.3 is 0 Å². The molecule has 2 N–H and O–H groups in total. The summed E-state index contributed by atoms with van der Waals surface area (Å²) in [7, 11) is 3.45. The van der Waals surface area contributed by atoms with Gasteiger partial charge in [0, 0.05) is 56.1 Å². The molecule has 0 radical (unpaired) electrons. The lowest BCUT2D eigenvalue weighted by Gasteiger charge is -2.32. The number of benzene rings is 1. The first-order valence-corrected chi connectivity index (χ1v) is 9.97. The molecule has 0 bridgehead atoms. The van der Waals surface area contributed by atoms with Crippen molar-refractivity contribution in [2.24, 2.45) is 4.99 Å². The van der Waals surface area contributed by atoms with Crippen molar-refractivity contribution >= 4 is 17.6 Å². The van der Waals surface area contributed by atoms with E-state index in [2.05, 4.69) is 31.6 Å². The number of ether oxygens (including phenoxy) is 1. The van der Waals surface area contributed by atoms with Crippen molar-refractivity contribution in [3.63, 3.8) is 0 Å². The highest BCUT2D eigenvalue weighted by Gasteiger charge is 2.20. The smallest absolute Gasteiger partial charge is 0.191 e. The summed E-state index contributed by atoms with van der Waals surface area (Å²) in [6.07, 6.45) is 4.02. The summed E-state index contributed by atoms with van der Waals surface area (Å²) in [6, 6.07) is 12.2. The van der Waals surface area contributed by atoms with Gasteiger partial charge in [-0.15, -0.1) is 0 Å². The standard InChI is InChI=1S/C21H28ClN5O/c1-23-21(25-14-16-6-7-17(22)13-20(16)28-2)26-18-8-11-27(12-9-18)15-19-5-3-4-10-24-19/h3-7,10,13,18H,8-9,11-12,14-15H2,1-2H3,(H2,23,25,26). The maximum absolute atomic E-state index is 6.03. The average Bonchev–Trinajstić information content (AvgIpc) is 2.73. The summed E-state index contributed by atoms with van der Waals surface area (Å²) in [5, 5.41) is 7.58. The zero-order chi connectivity index (χ0) is 19.8. The molecule has 2 heterocycles. The molecule has 6 nitrogen and oxygen atoms in total. The lowest BCUT2D eigenvalue weighted by atomic mass is 10.0. The van der Waals surface area contributed by atoms with E-state index < -0.39 is 0 Å². The van der Waals surface area contributed by atoms with Crippen LogP contribution in [-0.2, 0) is 13.1 Å². The predicted octanol–water partition coefficient (Wildman–Crippen LogP) is 3.07. The molecule has 1 saturated heterocycles. The number of rotatable bonds is 6. The lowest BCUT2D eigenvalue weighted by molar-refractivity contribution is 0.196. The number of nitrogens with zero attached hydrogens (tertiary/aromatic N) is 3. The number of pyridine rings is 1. The summed E-state index contributed by atoms with van der Waals surface area (Å²) in [5.41, 5.74) is 2.17. The minimum absolute atomic E-state index is 0.415. The first kappa shape index (κ1) is 20.4. The fraction of sp³-hybridized carbons (Fsp3) is 0.429. The van der Waals surface area contributed by atoms with Crippen molar-refractivity contribution in [2.45, 2.75) is 32.0 Å². The number of halogens is 1. The van der Waals surface area contributed by atoms with E-state index in [9.17, 15) is 0 Å². The molecule has 0 spiro atoms. The van der Waals surface area contributed by atoms with Gasteiger partial charge in [-0.3, -0.25) is 14.9 Å². The molecule has 150 valence electrons. The van der Waals surface area contributed by atoms with Gasteiger partial charge in [-0.2, -0.15) is 0 Å². The Labute approximate surface area is 172 Å². The number of guanidine groups is 1. The number of aliphatic imine (C=N–C) groups is 1. The second kappa shape index (κ2) is 10.3. The van der Waals surface area contributed by atoms with E-state index in [0.29, 0.717) is 17.6 Å². The van der Waals surface area contributed by atoms with Crippen molar-refractivity contribution in [3.8, 4) is 5.75 Å². The number of likely N-dealkylation sites (tertiary alicyclic amines) is 1. The Morgan fingerprint density at radius 1 is 1.29 bits per heavy atom. The topological polar surface area (TPSA) is 61.8 Å². The monoisotopic (exact) mass is 401 g/mol. The molecule has 7 heteroatoms. The molecular weight excluding hydrogens is 374 g/mol. The Kier molecular flexibility index (Phi) is 7.51. The summed E-state index contributed by atoms with van der Waals surface area (Å²) in [4.78, 5) is 11.2. The zero-order valence-electron chi connectivity index (χ0n) is 16.5. The maximum atomic E-state index is 6.03. The minimum Gasteiger partial charge on any atom is -0.496 e. The molecule has 2 aromatic rings. The van der Waals surface area contributed by atoms with Crippen LogP contribution >= 0.6 is 11.6 Å². The Hall–Kier alpha value is -2.31. The van der Waals surface area contributed by atoms with Crippen LogP contribution in [0.1, 0.15) is 24.1 Å². The predicted molar refractivity (Wildman–Crippen MR) is 114 cm³/mol. The number of piperidine rings is 1. The van der Waals surface area contributed by atoms with Gasteiger partial charge in [0.25, 0.3) is 0 Å². The first-order valence-electron chi connectivity index (χ1n) is 9.60. The van der Waals surface area contributed by atoms with Crippen molar-refractivity contribution < 1.29 is 4.74 Å². The molecule has 1 aliphatic heterocycles. The van der Waals surface area contributed by atoms with Gasteiger partial charge in [0.1, 0.15) is 5.75 Å². The zero-order valence-corrected chi connectivity index (χ0v) is 17.2. The van der Waals surface area contributed by atoms with Crippen molar-refractivity contribution in [1.29, 1.82) is 0 Å². The van der Waals surface area contributed by atoms with E-state index in [4.69, 9.17) is 16.3 Å². The Bertz CT molecular complexity index is 776. The number of methoxy groups -OCH3 is 1. The molecule has 0 atom stereocenters. The normalized spacial score (nSPS) is 16.0. The summed E-state index contributed by atoms with van der Waals surface area (Å²) < 4.78 is 5.41. The van der Waals surface area contributed by atoms with Crippen molar-refractivity contribution in [3.05, 3.63) is 58.9 Å². The number of hydrogen-bond acceptors (Lipinski definition) is 4. The van der Waals surface area contributed by atoms with E-state index in [-0.39, 0.29) is 0 Å². The number of nitrogens with one attached hydrogen (secondary N) is 2. The molecular formula is C21H28ClN5O. The first-order chi connectivity index (χ1) is 13.7. The molecule has 1 aromatic carbocycles. The van der Waals surface area contributed by atoms with Crippen molar-refractivity contribution in [1.82, 2.24) is 20.5 Å². The van der Waals surface area contributed by atoms with E-state index in [0.717, 1.165) is 55.4 Å². The van der Waals surface area contributed by atoms with Crippen LogP contribution in [0.25, 0.3) is 0 Å². The van der Waals surface area contributed by atoms with Gasteiger partial charge in [-0.05, 0) is 37.1 Å². The third-order valence-corrected chi connectivity index (χ3v) is 5.19. The Morgan fingerprint density at radius 3 is 2.79 bits per heavy atom. The highest BCUT2D eigenvalue weighted by atomic mass is 35.5. The molecule has 0 unspecified atom stereocenters. The third kappa shape index (κ3) is 5.84. The minimum atomic E-state index is 0.415. The van der Waals surface area contributed by atoms with Gasteiger partial charge in [0.15, 0.2) is 5.96 Å². The van der Waals surface area contributed by atoms with Crippen LogP contribution in [0.3, 0.4) is 0 Å². The molecule has 1 fully saturated rings. The van der Waals surface area contributed by atoms with Crippen LogP contribution in [0, 0.1) is 0 Å². The average molecular weight is 402 g/mol. The lowest BCUT2D eigenvalue weighted by Crippen LogP contribution is -2.48. The SMILES string of the molecule is CN=C(NCc1ccc(Cl)cc1OC)NC1CCN(Cc2ccccn2)CC1. The largest absolute Gasteiger partial charge is 0.496 e. The summed E-state index contributed by atoms with van der Waals surface area (Å²) >= 11 is 6.03. The molecule has 0 amide bonds. The molecule has 3 rings (SSSR count). The van der Waals surface area contributed by atoms with E-state index in [1.165, 1.54) is 0 Å². The maximum Gasteiger partial charge on any atom is 0.191 e. The van der Waals surface area contributed by atoms with E-state index in [1.54, 1.807) is 14.2 Å². The van der Waals surface area contributed by atoms with Gasteiger partial charge in [-0.1, -0.05) is 23.7 Å². The third-order valence-electron chi connectivity index (χ3n) is 4.96. The van der Waals surface area contributed by atoms with Crippen LogP contribution in [0.2, 0.25) is 5.02 Å².